The van der Waals surface area contributed by atoms with Gasteiger partial charge in [0.2, 0.25) is 6.71 Å². The van der Waals surface area contributed by atoms with Gasteiger partial charge in [-0.05, 0) is 174 Å². The number of aromatic nitrogens is 1. The number of fused-ring (bicyclic) bond motifs is 16. The molecule has 5 nitrogen and oxygen atoms in total. The van der Waals surface area contributed by atoms with E-state index in [0.717, 1.165) is 181 Å². The van der Waals surface area contributed by atoms with Crippen LogP contribution in [0.4, 0.5) is 17.1 Å². The molecule has 532 valence electrons. The highest BCUT2D eigenvalue weighted by atomic mass is 32.2. The number of rotatable bonds is 12. The van der Waals surface area contributed by atoms with Gasteiger partial charge in [0.1, 0.15) is 33.5 Å². The second kappa shape index (κ2) is 25.8. The molecule has 0 amide bonds. The zero-order chi connectivity index (χ0) is 81.7. The van der Waals surface area contributed by atoms with Crippen LogP contribution in [-0.4, -0.2) is 11.3 Å². The molecule has 16 aromatic carbocycles. The van der Waals surface area contributed by atoms with Crippen molar-refractivity contribution in [2.45, 2.75) is 69.1 Å². The molecule has 0 saturated carbocycles. The molecule has 6 heterocycles. The molecule has 0 unspecified atom stereocenters. The van der Waals surface area contributed by atoms with E-state index in [1.54, 1.807) is 16.3 Å². The minimum Gasteiger partial charge on any atom is -0.455 e. The smallest absolute Gasteiger partial charge is 0.249 e. The van der Waals surface area contributed by atoms with Crippen molar-refractivity contribution in [2.75, 3.05) is 4.90 Å². The van der Waals surface area contributed by atoms with E-state index in [9.17, 15) is 8.22 Å². The minimum absolute atomic E-state index is 0.00285. The van der Waals surface area contributed by atoms with Gasteiger partial charge in [0.15, 0.2) is 0 Å². The summed E-state index contributed by atoms with van der Waals surface area (Å²) < 4.78 is 99.2. The van der Waals surface area contributed by atoms with E-state index in [2.05, 4.69) is 271 Å². The van der Waals surface area contributed by atoms with Crippen LogP contribution >= 0.6 is 11.8 Å². The summed E-state index contributed by atoms with van der Waals surface area (Å²) in [5, 5.41) is 6.06. The number of hydrogen-bond donors (Lipinski definition) is 0. The fourth-order valence-electron chi connectivity index (χ4n) is 18.2. The zero-order valence-corrected chi connectivity index (χ0v) is 63.2. The Labute approximate surface area is 666 Å². The van der Waals surface area contributed by atoms with Gasteiger partial charge in [0, 0.05) is 97.8 Å². The Morgan fingerprint density at radius 3 is 1.34 bits per heavy atom. The first kappa shape index (κ1) is 58.0. The summed E-state index contributed by atoms with van der Waals surface area (Å²) in [4.78, 5) is 4.53. The summed E-state index contributed by atoms with van der Waals surface area (Å²) in [6.07, 6.45) is 0. The molecule has 22 rings (SSSR count). The first-order chi connectivity index (χ1) is 58.3. The van der Waals surface area contributed by atoms with Gasteiger partial charge in [0.05, 0.1) is 27.7 Å². The molecular weight excluding hydrogens is 1380 g/mol. The molecule has 0 N–H and O–H groups in total. The van der Waals surface area contributed by atoms with E-state index >= 15 is 0 Å². The highest BCUT2D eigenvalue weighted by Crippen LogP contribution is 2.55. The maximum absolute atomic E-state index is 9.96. The van der Waals surface area contributed by atoms with E-state index in [0.29, 0.717) is 5.69 Å². The van der Waals surface area contributed by atoms with Gasteiger partial charge >= 0.3 is 0 Å². The Hall–Kier alpha value is -13.1. The Morgan fingerprint density at radius 2 is 0.804 bits per heavy atom. The monoisotopic (exact) mass is 1460 g/mol. The summed E-state index contributed by atoms with van der Waals surface area (Å²) in [5.41, 5.74) is 27.9. The second-order valence-electron chi connectivity index (χ2n) is 30.9. The Bertz CT molecular complexity index is 7520. The van der Waals surface area contributed by atoms with E-state index < -0.39 is 43.0 Å². The first-order valence-electron chi connectivity index (χ1n) is 42.6. The molecule has 4 aromatic heterocycles. The van der Waals surface area contributed by atoms with Crippen LogP contribution in [0.1, 0.15) is 87.0 Å². The molecule has 7 heteroatoms. The minimum atomic E-state index is -0.570. The first-order valence-corrected chi connectivity index (χ1v) is 39.5. The van der Waals surface area contributed by atoms with Crippen LogP contribution in [0, 0.1) is 0 Å². The number of benzene rings is 16. The van der Waals surface area contributed by atoms with Crippen molar-refractivity contribution in [3.63, 3.8) is 0 Å². The molecule has 0 saturated heterocycles. The molecule has 0 radical (unpaired) electrons. The fourth-order valence-corrected chi connectivity index (χ4v) is 19.5. The SMILES string of the molecule is [2H]c1c([2H])c([2H])c2c(c1[2H])c1c([2H])c([2H])c([2H])c([2H])c1n2-c1ccc2c(c1)N(c1c(-c3ccccc3)cccc1-c1ccccc1)c1cc(-c3c(C(C)C)cc(C(C)C)cc3C(C)C)cc3c1B2c1cc(-c2cc(-c4cccc5c4oc4ccccc45)cc(-c4cccc5c4oc4ccccc45)c2)cc(-c2cccc4c2oc2ccccc24)c1S3. The van der Waals surface area contributed by atoms with Gasteiger partial charge in [-0.15, -0.1) is 0 Å². The highest BCUT2D eigenvalue weighted by Gasteiger charge is 2.44. The second-order valence-corrected chi connectivity index (χ2v) is 31.9. The largest absolute Gasteiger partial charge is 0.455 e. The standard InChI is InChI=1S/C105H75BN2O3S/c1-61(2)66-54-86(62(3)4)99(87(55-66)63(5)6)71-58-94-100-98(59-71)112-105-88(85-43-26-42-84-81-35-17-22-48-97(81)111-104(84)85)56-68(67-51-69(75-38-24-40-82-79-33-15-20-46-95(79)109-102(75)82)53-70(52-67)76-39-25-41-83-80-34-16-21-47-96(80)110-103(76)83)57-90(105)106(100)89-50-49-72(107-91-44-18-13-31-77(91)78-32-14-19-45-92(78)107)60-93(89)108(94)101-73(64-27-9-7-10-28-64)36-23-37-74(101)65-29-11-8-12-30-65/h7-63H,1-6H3/i13D,14D,18D,19D,31D,32D,44D,45D. The van der Waals surface area contributed by atoms with E-state index in [1.165, 1.54) is 22.3 Å². The van der Waals surface area contributed by atoms with Gasteiger partial charge in [0.25, 0.3) is 0 Å². The maximum Gasteiger partial charge on any atom is 0.249 e. The van der Waals surface area contributed by atoms with Crippen molar-refractivity contribution >= 4 is 140 Å². The Morgan fingerprint density at radius 1 is 0.339 bits per heavy atom. The van der Waals surface area contributed by atoms with Crippen LogP contribution in [0.5, 0.6) is 0 Å². The number of anilines is 3. The summed E-state index contributed by atoms with van der Waals surface area (Å²) in [6, 6.07) is 95.8. The third-order valence-corrected chi connectivity index (χ3v) is 24.6. The normalized spacial score (nSPS) is 13.7. The van der Waals surface area contributed by atoms with Crippen molar-refractivity contribution in [1.29, 1.82) is 0 Å². The maximum atomic E-state index is 9.96. The lowest BCUT2D eigenvalue weighted by molar-refractivity contribution is 0.669. The molecule has 0 bridgehead atoms. The van der Waals surface area contributed by atoms with Gasteiger partial charge in [-0.1, -0.05) is 307 Å². The van der Waals surface area contributed by atoms with Gasteiger partial charge in [-0.25, -0.2) is 0 Å². The molecular formula is C105H75BN2O3S. The number of para-hydroxylation sites is 9. The van der Waals surface area contributed by atoms with Crippen LogP contribution in [0.25, 0.3) is 171 Å². The molecule has 0 aliphatic carbocycles. The Balaban J connectivity index is 0.912. The number of nitrogens with zero attached hydrogens (tertiary/aromatic N) is 2. The van der Waals surface area contributed by atoms with Crippen molar-refractivity contribution in [2.24, 2.45) is 0 Å². The van der Waals surface area contributed by atoms with E-state index in [1.807, 2.05) is 54.6 Å². The summed E-state index contributed by atoms with van der Waals surface area (Å²) in [6.45, 7) is 13.2. The topological polar surface area (TPSA) is 47.6 Å². The quantitative estimate of drug-likeness (QED) is 0.114. The average molecular weight is 1460 g/mol. The average Bonchev–Trinajstić information content (AvgIpc) is 0.805. The Kier molecular flexibility index (Phi) is 13.3. The van der Waals surface area contributed by atoms with Crippen LogP contribution in [-0.2, 0) is 0 Å². The molecule has 20 aromatic rings. The molecule has 0 fully saturated rings. The molecule has 112 heavy (non-hydrogen) atoms. The van der Waals surface area contributed by atoms with E-state index in [-0.39, 0.29) is 51.6 Å². The van der Waals surface area contributed by atoms with Crippen LogP contribution < -0.4 is 21.3 Å². The van der Waals surface area contributed by atoms with Crippen molar-refractivity contribution in [3.8, 4) is 83.6 Å². The van der Waals surface area contributed by atoms with Crippen LogP contribution in [0.2, 0.25) is 0 Å². The van der Waals surface area contributed by atoms with Crippen LogP contribution in [0.3, 0.4) is 0 Å². The molecule has 2 aliphatic heterocycles. The van der Waals surface area contributed by atoms with Crippen LogP contribution in [0.15, 0.2) is 350 Å². The summed E-state index contributed by atoms with van der Waals surface area (Å²) in [7, 11) is 0. The lowest BCUT2D eigenvalue weighted by Gasteiger charge is -2.42. The fraction of sp³-hybridized carbons (Fsp3) is 0.0857. The lowest BCUT2D eigenvalue weighted by atomic mass is 9.34. The molecule has 2 aliphatic rings. The highest BCUT2D eigenvalue weighted by molar-refractivity contribution is 8.00. The van der Waals surface area contributed by atoms with Gasteiger partial charge in [-0.3, -0.25) is 0 Å². The molecule has 0 spiro atoms. The zero-order valence-electron chi connectivity index (χ0n) is 70.4. The third-order valence-electron chi connectivity index (χ3n) is 23.4. The number of hydrogen-bond acceptors (Lipinski definition) is 5. The van der Waals surface area contributed by atoms with Gasteiger partial charge in [-0.2, -0.15) is 0 Å². The predicted octanol–water partition coefficient (Wildman–Crippen LogP) is 28.3. The lowest BCUT2D eigenvalue weighted by Crippen LogP contribution is -2.60. The van der Waals surface area contributed by atoms with E-state index in [4.69, 9.17) is 16.0 Å². The van der Waals surface area contributed by atoms with Crippen molar-refractivity contribution < 1.29 is 24.2 Å². The van der Waals surface area contributed by atoms with Gasteiger partial charge < -0.3 is 22.7 Å². The summed E-state index contributed by atoms with van der Waals surface area (Å²) >= 11 is 1.79. The summed E-state index contributed by atoms with van der Waals surface area (Å²) in [5.74, 6) is 0.460. The third kappa shape index (κ3) is 10.3. The number of furan rings is 3. The molecule has 0 atom stereocenters. The van der Waals surface area contributed by atoms with Crippen molar-refractivity contribution in [1.82, 2.24) is 4.57 Å². The predicted molar refractivity (Wildman–Crippen MR) is 473 cm³/mol. The van der Waals surface area contributed by atoms with Crippen molar-refractivity contribution in [3.05, 3.63) is 344 Å².